The van der Waals surface area contributed by atoms with Crippen LogP contribution in [-0.4, -0.2) is 25.0 Å². The number of rotatable bonds is 3. The Morgan fingerprint density at radius 3 is 2.16 bits per heavy atom. The van der Waals surface area contributed by atoms with Crippen LogP contribution in [0.4, 0.5) is 0 Å². The third-order valence-corrected chi connectivity index (χ3v) is 3.88. The minimum Gasteiger partial charge on any atom is -1.00 e. The molecular weight excluding hydrogens is 380 g/mol. The van der Waals surface area contributed by atoms with Crippen LogP contribution in [0.2, 0.25) is 0 Å². The quantitative estimate of drug-likeness (QED) is 0.477. The van der Waals surface area contributed by atoms with E-state index in [-0.39, 0.29) is 17.0 Å². The van der Waals surface area contributed by atoms with Crippen LogP contribution in [0.25, 0.3) is 23.0 Å². The lowest BCUT2D eigenvalue weighted by molar-refractivity contribution is -0.740. The van der Waals surface area contributed by atoms with Gasteiger partial charge in [0.05, 0.1) is 5.69 Å². The van der Waals surface area contributed by atoms with Crippen LogP contribution in [0.15, 0.2) is 60.7 Å². The van der Waals surface area contributed by atoms with Gasteiger partial charge in [-0.1, -0.05) is 46.3 Å². The van der Waals surface area contributed by atoms with Crippen molar-refractivity contribution in [3.63, 3.8) is 0 Å². The van der Waals surface area contributed by atoms with Crippen molar-refractivity contribution < 1.29 is 21.8 Å². The fraction of sp³-hybridized carbons (Fsp3) is 0.111. The highest BCUT2D eigenvalue weighted by Gasteiger charge is 2.23. The summed E-state index contributed by atoms with van der Waals surface area (Å²) in [4.78, 5) is 11.3. The minimum absolute atomic E-state index is 0. The van der Waals surface area contributed by atoms with Crippen molar-refractivity contribution in [3.8, 4) is 23.0 Å². The van der Waals surface area contributed by atoms with Gasteiger partial charge >= 0.3 is 5.95 Å². The molecule has 2 aromatic carbocycles. The van der Waals surface area contributed by atoms with Gasteiger partial charge in [0.15, 0.2) is 0 Å². The Balaban J connectivity index is 0.00000182. The second-order valence-electron chi connectivity index (χ2n) is 5.57. The maximum absolute atomic E-state index is 4.67. The van der Waals surface area contributed by atoms with Crippen LogP contribution in [0.3, 0.4) is 0 Å². The van der Waals surface area contributed by atoms with Crippen molar-refractivity contribution in [3.05, 3.63) is 72.1 Å². The zero-order valence-corrected chi connectivity index (χ0v) is 15.5. The highest BCUT2D eigenvalue weighted by atomic mass is 79.9. The molecule has 0 amide bonds. The smallest absolute Gasteiger partial charge is 0.393 e. The number of aryl methyl sites for hydroxylation is 2. The first kappa shape index (κ1) is 17.0. The third-order valence-electron chi connectivity index (χ3n) is 3.88. The Kier molecular flexibility index (Phi) is 4.76. The van der Waals surface area contributed by atoms with Gasteiger partial charge < -0.3 is 17.0 Å². The molecule has 0 bridgehead atoms. The van der Waals surface area contributed by atoms with Crippen molar-refractivity contribution in [2.75, 3.05) is 0 Å². The van der Waals surface area contributed by atoms with Crippen LogP contribution < -0.4 is 21.8 Å². The fourth-order valence-corrected chi connectivity index (χ4v) is 2.48. The predicted molar refractivity (Wildman–Crippen MR) is 89.9 cm³/mol. The molecule has 0 aliphatic carbocycles. The molecule has 0 saturated carbocycles. The number of nitrogens with zero attached hydrogens (tertiary/aromatic N) is 5. The van der Waals surface area contributed by atoms with E-state index in [1.165, 1.54) is 0 Å². The van der Waals surface area contributed by atoms with Gasteiger partial charge in [-0.3, -0.25) is 4.98 Å². The van der Waals surface area contributed by atoms with Gasteiger partial charge in [0, 0.05) is 5.56 Å². The molecular formula is C18H17BrN6. The van der Waals surface area contributed by atoms with Crippen molar-refractivity contribution in [1.82, 2.24) is 25.0 Å². The second kappa shape index (κ2) is 6.98. The molecule has 0 aliphatic rings. The first-order valence-electron chi connectivity index (χ1n) is 7.76. The molecule has 0 radical (unpaired) electrons. The van der Waals surface area contributed by atoms with E-state index in [1.807, 2.05) is 74.5 Å². The standard InChI is InChI=1S/C18H17N6.BrH/c1-13-14(2)20-18(19-13)24-22-17(15-9-5-3-6-10-15)21-23(24)16-11-7-4-8-12-16;/h3-12H,1-2H3,(H,19,20);1H/q+1;/p-1. The third kappa shape index (κ3) is 3.23. The summed E-state index contributed by atoms with van der Waals surface area (Å²) < 4.78 is 0. The zero-order valence-electron chi connectivity index (χ0n) is 13.9. The van der Waals surface area contributed by atoms with Crippen LogP contribution in [-0.2, 0) is 0 Å². The van der Waals surface area contributed by atoms with E-state index in [4.69, 9.17) is 0 Å². The maximum Gasteiger partial charge on any atom is 0.393 e. The number of aromatic nitrogens is 6. The summed E-state index contributed by atoms with van der Waals surface area (Å²) in [6.45, 7) is 3.96. The van der Waals surface area contributed by atoms with E-state index in [9.17, 15) is 0 Å². The SMILES string of the molecule is Cc1nc(-[n+]2nc(-c3ccccc3)nn2-c2ccccc2)[nH]c1C.[Br-]. The molecule has 0 fully saturated rings. The number of halogens is 1. The Morgan fingerprint density at radius 2 is 1.56 bits per heavy atom. The molecule has 6 nitrogen and oxygen atoms in total. The van der Waals surface area contributed by atoms with E-state index in [0.717, 1.165) is 22.6 Å². The number of H-pyrrole nitrogens is 1. The highest BCUT2D eigenvalue weighted by molar-refractivity contribution is 5.53. The second-order valence-corrected chi connectivity index (χ2v) is 5.57. The molecule has 4 aromatic rings. The van der Waals surface area contributed by atoms with Gasteiger partial charge in [0.2, 0.25) is 0 Å². The number of aromatic amines is 1. The molecule has 0 aliphatic heterocycles. The van der Waals surface area contributed by atoms with Crippen LogP contribution in [0, 0.1) is 13.8 Å². The summed E-state index contributed by atoms with van der Waals surface area (Å²) in [5.74, 6) is 1.29. The summed E-state index contributed by atoms with van der Waals surface area (Å²) in [5.41, 5.74) is 3.84. The number of nitrogens with one attached hydrogen (secondary N) is 1. The van der Waals surface area contributed by atoms with Crippen molar-refractivity contribution in [1.29, 1.82) is 0 Å². The molecule has 126 valence electrons. The molecule has 1 N–H and O–H groups in total. The van der Waals surface area contributed by atoms with Crippen molar-refractivity contribution >= 4 is 0 Å². The molecule has 2 heterocycles. The van der Waals surface area contributed by atoms with E-state index < -0.39 is 0 Å². The lowest BCUT2D eigenvalue weighted by Crippen LogP contribution is -3.00. The molecule has 2 aromatic heterocycles. The lowest BCUT2D eigenvalue weighted by atomic mass is 10.2. The van der Waals surface area contributed by atoms with Gasteiger partial charge in [0.25, 0.3) is 5.82 Å². The normalized spacial score (nSPS) is 10.5. The molecule has 0 atom stereocenters. The van der Waals surface area contributed by atoms with Crippen molar-refractivity contribution in [2.45, 2.75) is 13.8 Å². The fourth-order valence-electron chi connectivity index (χ4n) is 2.48. The number of hydrogen-bond donors (Lipinski definition) is 1. The number of imidazole rings is 1. The number of para-hydroxylation sites is 1. The van der Waals surface area contributed by atoms with E-state index in [2.05, 4.69) is 20.2 Å². The summed E-state index contributed by atoms with van der Waals surface area (Å²) in [7, 11) is 0. The molecule has 4 rings (SSSR count). The number of hydrogen-bond acceptors (Lipinski definition) is 3. The van der Waals surface area contributed by atoms with Crippen LogP contribution >= 0.6 is 0 Å². The Labute approximate surface area is 155 Å². The maximum atomic E-state index is 4.67. The monoisotopic (exact) mass is 396 g/mol. The van der Waals surface area contributed by atoms with Crippen LogP contribution in [0.1, 0.15) is 11.4 Å². The predicted octanol–water partition coefficient (Wildman–Crippen LogP) is -0.445. The Hall–Kier alpha value is -2.80. The van der Waals surface area contributed by atoms with Crippen LogP contribution in [0.5, 0.6) is 0 Å². The zero-order chi connectivity index (χ0) is 16.5. The molecule has 25 heavy (non-hydrogen) atoms. The first-order valence-corrected chi connectivity index (χ1v) is 7.76. The first-order chi connectivity index (χ1) is 11.7. The Bertz CT molecular complexity index is 956. The van der Waals surface area contributed by atoms with Gasteiger partial charge in [0.1, 0.15) is 11.4 Å². The summed E-state index contributed by atoms with van der Waals surface area (Å²) in [6.07, 6.45) is 0. The van der Waals surface area contributed by atoms with Gasteiger partial charge in [-0.05, 0) is 48.0 Å². The van der Waals surface area contributed by atoms with E-state index in [1.54, 1.807) is 9.59 Å². The summed E-state index contributed by atoms with van der Waals surface area (Å²) >= 11 is 0. The Morgan fingerprint density at radius 1 is 0.920 bits per heavy atom. The van der Waals surface area contributed by atoms with E-state index in [0.29, 0.717) is 11.8 Å². The van der Waals surface area contributed by atoms with Gasteiger partial charge in [-0.2, -0.15) is 0 Å². The van der Waals surface area contributed by atoms with Gasteiger partial charge in [-0.15, -0.1) is 4.98 Å². The molecule has 0 unspecified atom stereocenters. The number of benzene rings is 2. The van der Waals surface area contributed by atoms with Crippen molar-refractivity contribution in [2.24, 2.45) is 0 Å². The topological polar surface area (TPSA) is 63.3 Å². The average molecular weight is 397 g/mol. The number of tetrazole rings is 1. The largest absolute Gasteiger partial charge is 1.00 e. The average Bonchev–Trinajstić information content (AvgIpc) is 3.21. The summed E-state index contributed by atoms with van der Waals surface area (Å²) in [5, 5.41) is 9.33. The molecule has 0 spiro atoms. The minimum atomic E-state index is 0. The van der Waals surface area contributed by atoms with E-state index >= 15 is 0 Å². The van der Waals surface area contributed by atoms with Gasteiger partial charge in [-0.25, -0.2) is 0 Å². The molecule has 7 heteroatoms. The highest BCUT2D eigenvalue weighted by Crippen LogP contribution is 2.14. The molecule has 0 saturated heterocycles. The summed E-state index contributed by atoms with van der Waals surface area (Å²) in [6, 6.07) is 19.8. The lowest BCUT2D eigenvalue weighted by Gasteiger charge is -1.98.